The lowest BCUT2D eigenvalue weighted by Crippen LogP contribution is -2.06. The summed E-state index contributed by atoms with van der Waals surface area (Å²) >= 11 is 4.86. The summed E-state index contributed by atoms with van der Waals surface area (Å²) < 4.78 is 6.57. The minimum atomic E-state index is -1.24. The lowest BCUT2D eigenvalue weighted by molar-refractivity contribution is -0.396. The maximum Gasteiger partial charge on any atom is 0.435 e. The minimum Gasteiger partial charge on any atom is -0.475 e. The number of hydrogen-bond donors (Lipinski definition) is 2. The Balaban J connectivity index is 0.000000446. The number of aromatic carboxylic acids is 1. The molecule has 0 aliphatic heterocycles. The van der Waals surface area contributed by atoms with Crippen LogP contribution in [0.2, 0.25) is 0 Å². The monoisotopic (exact) mass is 464 g/mol. The SMILES string of the molecule is CC(C)COC(=O)Cl.Cn1c(C(=O)O)cnc1[N+](=O)[O-].Cn1c(CO)cnc1[N+](=O)[O-]. The van der Waals surface area contributed by atoms with Crippen LogP contribution in [0.15, 0.2) is 12.4 Å². The molecule has 2 heterocycles. The molecule has 0 aliphatic carbocycles. The van der Waals surface area contributed by atoms with Gasteiger partial charge in [0.1, 0.15) is 18.5 Å². The number of aliphatic hydroxyl groups is 1. The molecule has 0 amide bonds. The molecule has 15 nitrogen and oxygen atoms in total. The van der Waals surface area contributed by atoms with E-state index >= 15 is 0 Å². The van der Waals surface area contributed by atoms with E-state index in [1.165, 1.54) is 24.9 Å². The van der Waals surface area contributed by atoms with Crippen molar-refractivity contribution >= 4 is 34.9 Å². The summed E-state index contributed by atoms with van der Waals surface area (Å²) in [5.41, 5.74) is -0.503. The molecule has 2 rings (SSSR count). The molecular formula is C15H21ClN6O9. The second-order valence-corrected chi connectivity index (χ2v) is 6.34. The lowest BCUT2D eigenvalue weighted by atomic mass is 10.2. The first kappa shape index (κ1) is 27.4. The zero-order valence-electron chi connectivity index (χ0n) is 17.0. The smallest absolute Gasteiger partial charge is 0.435 e. The number of nitro groups is 2. The molecule has 2 aromatic rings. The summed E-state index contributed by atoms with van der Waals surface area (Å²) in [4.78, 5) is 46.1. The van der Waals surface area contributed by atoms with E-state index in [1.54, 1.807) is 0 Å². The molecule has 0 aromatic carbocycles. The molecule has 0 radical (unpaired) electrons. The molecule has 0 spiro atoms. The molecule has 16 heteroatoms. The van der Waals surface area contributed by atoms with Crippen LogP contribution in [0.5, 0.6) is 0 Å². The van der Waals surface area contributed by atoms with Gasteiger partial charge in [0, 0.05) is 11.6 Å². The Bertz CT molecular complexity index is 893. The fourth-order valence-electron chi connectivity index (χ4n) is 1.75. The van der Waals surface area contributed by atoms with Gasteiger partial charge in [-0.05, 0) is 15.8 Å². The van der Waals surface area contributed by atoms with Gasteiger partial charge in [-0.15, -0.1) is 0 Å². The van der Waals surface area contributed by atoms with E-state index in [1.807, 2.05) is 13.8 Å². The molecule has 0 aliphatic rings. The summed E-state index contributed by atoms with van der Waals surface area (Å²) in [7, 11) is 2.76. The van der Waals surface area contributed by atoms with Crippen molar-refractivity contribution in [3.63, 3.8) is 0 Å². The number of rotatable bonds is 6. The Morgan fingerprint density at radius 2 is 1.61 bits per heavy atom. The molecule has 172 valence electrons. The number of imidazole rings is 2. The Morgan fingerprint density at radius 1 is 1.13 bits per heavy atom. The third-order valence-corrected chi connectivity index (χ3v) is 3.37. The molecule has 0 saturated carbocycles. The molecule has 2 aromatic heterocycles. The number of halogens is 1. The number of ether oxygens (including phenoxy) is 1. The highest BCUT2D eigenvalue weighted by Gasteiger charge is 2.21. The quantitative estimate of drug-likeness (QED) is 0.358. The number of carboxylic acid groups (broad SMARTS) is 1. The van der Waals surface area contributed by atoms with Crippen LogP contribution in [0.4, 0.5) is 16.7 Å². The summed E-state index contributed by atoms with van der Waals surface area (Å²) in [6, 6.07) is 0. The van der Waals surface area contributed by atoms with Gasteiger partial charge in [0.25, 0.3) is 0 Å². The van der Waals surface area contributed by atoms with E-state index in [0.29, 0.717) is 18.2 Å². The molecule has 0 unspecified atom stereocenters. The average molecular weight is 465 g/mol. The van der Waals surface area contributed by atoms with E-state index in [4.69, 9.17) is 21.8 Å². The van der Waals surface area contributed by atoms with Gasteiger partial charge < -0.3 is 35.2 Å². The normalized spacial score (nSPS) is 9.77. The summed E-state index contributed by atoms with van der Waals surface area (Å²) in [6.07, 6.45) is 2.22. The van der Waals surface area contributed by atoms with Crippen LogP contribution in [0.3, 0.4) is 0 Å². The highest BCUT2D eigenvalue weighted by molar-refractivity contribution is 6.61. The van der Waals surface area contributed by atoms with Gasteiger partial charge in [0.2, 0.25) is 5.69 Å². The fraction of sp³-hybridized carbons (Fsp3) is 0.467. The Labute approximate surface area is 180 Å². The molecule has 2 N–H and O–H groups in total. The molecule has 0 saturated heterocycles. The third kappa shape index (κ3) is 9.18. The fourth-order valence-corrected chi connectivity index (χ4v) is 1.81. The van der Waals surface area contributed by atoms with Crippen molar-refractivity contribution in [2.45, 2.75) is 20.5 Å². The second kappa shape index (κ2) is 12.9. The molecule has 0 atom stereocenters. The van der Waals surface area contributed by atoms with Crippen LogP contribution in [-0.2, 0) is 25.4 Å². The highest BCUT2D eigenvalue weighted by atomic mass is 35.5. The zero-order chi connectivity index (χ0) is 24.3. The van der Waals surface area contributed by atoms with E-state index in [0.717, 1.165) is 10.8 Å². The lowest BCUT2D eigenvalue weighted by Gasteiger charge is -2.00. The summed E-state index contributed by atoms with van der Waals surface area (Å²) in [6.45, 7) is 4.05. The predicted octanol–water partition coefficient (Wildman–Crippen LogP) is 1.86. The molecule has 0 bridgehead atoms. The van der Waals surface area contributed by atoms with Crippen LogP contribution >= 0.6 is 11.6 Å². The number of carboxylic acids is 1. The van der Waals surface area contributed by atoms with Crippen LogP contribution in [-0.4, -0.2) is 57.2 Å². The third-order valence-electron chi connectivity index (χ3n) is 3.26. The van der Waals surface area contributed by atoms with E-state index in [-0.39, 0.29) is 18.2 Å². The first-order valence-corrected chi connectivity index (χ1v) is 8.68. The van der Waals surface area contributed by atoms with Gasteiger partial charge in [0.15, 0.2) is 6.20 Å². The van der Waals surface area contributed by atoms with Crippen molar-refractivity contribution in [1.29, 1.82) is 0 Å². The van der Waals surface area contributed by atoms with Crippen LogP contribution in [0, 0.1) is 26.1 Å². The van der Waals surface area contributed by atoms with Crippen molar-refractivity contribution in [2.24, 2.45) is 20.0 Å². The number of nitrogens with zero attached hydrogens (tertiary/aromatic N) is 6. The van der Waals surface area contributed by atoms with E-state index < -0.39 is 27.2 Å². The largest absolute Gasteiger partial charge is 0.475 e. The van der Waals surface area contributed by atoms with E-state index in [9.17, 15) is 29.8 Å². The first-order valence-electron chi connectivity index (χ1n) is 8.30. The molecule has 31 heavy (non-hydrogen) atoms. The highest BCUT2D eigenvalue weighted by Crippen LogP contribution is 2.10. The van der Waals surface area contributed by atoms with Crippen LogP contribution in [0.1, 0.15) is 30.0 Å². The molecular weight excluding hydrogens is 444 g/mol. The van der Waals surface area contributed by atoms with Gasteiger partial charge in [-0.2, -0.15) is 0 Å². The van der Waals surface area contributed by atoms with Gasteiger partial charge in [-0.25, -0.2) is 18.7 Å². The maximum absolute atomic E-state index is 10.4. The Hall–Kier alpha value is -3.59. The van der Waals surface area contributed by atoms with Crippen molar-refractivity contribution in [3.8, 4) is 0 Å². The first-order chi connectivity index (χ1) is 14.3. The average Bonchev–Trinajstić information content (AvgIpc) is 3.23. The van der Waals surface area contributed by atoms with Crippen LogP contribution < -0.4 is 0 Å². The van der Waals surface area contributed by atoms with Crippen molar-refractivity contribution < 1.29 is 34.4 Å². The van der Waals surface area contributed by atoms with Crippen molar-refractivity contribution in [2.75, 3.05) is 6.61 Å². The van der Waals surface area contributed by atoms with Crippen LogP contribution in [0.25, 0.3) is 0 Å². The Morgan fingerprint density at radius 3 is 1.84 bits per heavy atom. The van der Waals surface area contributed by atoms with Gasteiger partial charge >= 0.3 is 23.3 Å². The number of hydrogen-bond acceptors (Lipinski definition) is 10. The summed E-state index contributed by atoms with van der Waals surface area (Å²) in [5, 5.41) is 37.5. The molecule has 0 fully saturated rings. The number of carbonyl (C=O) groups excluding carboxylic acids is 1. The maximum atomic E-state index is 10.4. The van der Waals surface area contributed by atoms with Gasteiger partial charge in [-0.1, -0.05) is 23.8 Å². The van der Waals surface area contributed by atoms with Gasteiger partial charge in [-0.3, -0.25) is 0 Å². The number of carbonyl (C=O) groups is 2. The Kier molecular flexibility index (Phi) is 11.4. The van der Waals surface area contributed by atoms with Crippen molar-refractivity contribution in [3.05, 3.63) is 44.0 Å². The predicted molar refractivity (Wildman–Crippen MR) is 105 cm³/mol. The van der Waals surface area contributed by atoms with Crippen molar-refractivity contribution in [1.82, 2.24) is 19.1 Å². The second-order valence-electron chi connectivity index (χ2n) is 6.03. The topological polar surface area (TPSA) is 206 Å². The summed E-state index contributed by atoms with van der Waals surface area (Å²) in [5.74, 6) is -1.61. The van der Waals surface area contributed by atoms with E-state index in [2.05, 4.69) is 14.7 Å². The minimum absolute atomic E-state index is 0.207. The zero-order valence-corrected chi connectivity index (χ0v) is 17.7. The standard InChI is InChI=1S/C5H9ClO2.C5H5N3O4.C5H7N3O3/c1-4(2)3-8-5(6)7;1-7-3(4(9)10)2-6-5(7)8(11)12;1-7-4(3-9)2-6-5(7)8(10)11/h4H,3H2,1-2H3;2H,1H3,(H,9,10);2,9H,3H2,1H3. The number of aliphatic hydroxyl groups excluding tert-OH is 1. The number of aromatic nitrogens is 4. The van der Waals surface area contributed by atoms with Gasteiger partial charge in [0.05, 0.1) is 20.7 Å².